The first-order chi connectivity index (χ1) is 22.1. The Bertz CT molecular complexity index is 1800. The summed E-state index contributed by atoms with van der Waals surface area (Å²) in [5, 5.41) is 4.28. The number of allylic oxidation sites excluding steroid dienone is 20. The first-order valence-corrected chi connectivity index (χ1v) is 18.1. The third kappa shape index (κ3) is 4.58. The normalized spacial score (nSPS) is 36.0. The van der Waals surface area contributed by atoms with Gasteiger partial charge < -0.3 is 5.32 Å². The van der Waals surface area contributed by atoms with Crippen molar-refractivity contribution in [3.63, 3.8) is 0 Å². The van der Waals surface area contributed by atoms with Crippen molar-refractivity contribution in [1.29, 1.82) is 0 Å². The Morgan fingerprint density at radius 2 is 1.87 bits per heavy atom. The minimum atomic E-state index is 0.231. The van der Waals surface area contributed by atoms with Gasteiger partial charge in [0.2, 0.25) is 0 Å². The van der Waals surface area contributed by atoms with E-state index in [1.165, 1.54) is 64.7 Å². The first-order valence-electron chi connectivity index (χ1n) is 17.3. The van der Waals surface area contributed by atoms with Crippen molar-refractivity contribution < 1.29 is 0 Å². The number of hydrogen-bond acceptors (Lipinski definition) is 2. The molecule has 6 aliphatic carbocycles. The Morgan fingerprint density at radius 3 is 2.78 bits per heavy atom. The number of benzene rings is 1. The lowest BCUT2D eigenvalue weighted by Crippen LogP contribution is -2.35. The third-order valence-corrected chi connectivity index (χ3v) is 13.5. The molecule has 1 N–H and O–H groups in total. The second kappa shape index (κ2) is 10.8. The van der Waals surface area contributed by atoms with Crippen LogP contribution in [0.15, 0.2) is 154 Å². The van der Waals surface area contributed by atoms with Crippen LogP contribution in [0.1, 0.15) is 57.9 Å². The largest absolute Gasteiger partial charge is 0.375 e. The van der Waals surface area contributed by atoms with Gasteiger partial charge >= 0.3 is 0 Å². The Balaban J connectivity index is 1.15. The molecule has 1 saturated heterocycles. The van der Waals surface area contributed by atoms with Gasteiger partial charge in [-0.2, -0.15) is 0 Å². The summed E-state index contributed by atoms with van der Waals surface area (Å²) in [5.74, 6) is 2.38. The number of dihydropyridines is 1. The molecule has 0 radical (unpaired) electrons. The van der Waals surface area contributed by atoms with Crippen LogP contribution in [0.3, 0.4) is 0 Å². The van der Waals surface area contributed by atoms with E-state index in [4.69, 9.17) is 0 Å². The van der Waals surface area contributed by atoms with E-state index in [1.807, 2.05) is 0 Å². The van der Waals surface area contributed by atoms with Gasteiger partial charge in [0.1, 0.15) is 0 Å². The molecule has 7 atom stereocenters. The van der Waals surface area contributed by atoms with Gasteiger partial charge in [0, 0.05) is 34.6 Å². The molecule has 2 heterocycles. The van der Waals surface area contributed by atoms with Gasteiger partial charge in [-0.1, -0.05) is 109 Å². The molecule has 0 bridgehead atoms. The van der Waals surface area contributed by atoms with E-state index < -0.39 is 0 Å². The van der Waals surface area contributed by atoms with Crippen LogP contribution in [0.25, 0.3) is 5.57 Å². The number of nitrogens with one attached hydrogen (secondary N) is 1. The van der Waals surface area contributed by atoms with Crippen molar-refractivity contribution in [2.75, 3.05) is 0 Å². The molecule has 2 aliphatic heterocycles. The van der Waals surface area contributed by atoms with Gasteiger partial charge in [-0.15, -0.1) is 11.8 Å². The minimum Gasteiger partial charge on any atom is -0.375 e. The first kappa shape index (κ1) is 27.8. The Labute approximate surface area is 273 Å². The molecule has 8 aliphatic rings. The lowest BCUT2D eigenvalue weighted by Gasteiger charge is -2.45. The number of thioether (sulfide) groups is 1. The Morgan fingerprint density at radius 1 is 0.978 bits per heavy atom. The summed E-state index contributed by atoms with van der Waals surface area (Å²) in [6.07, 6.45) is 39.5. The zero-order valence-corrected chi connectivity index (χ0v) is 27.3. The summed E-state index contributed by atoms with van der Waals surface area (Å²) in [4.78, 5) is 0. The quantitative estimate of drug-likeness (QED) is 0.368. The van der Waals surface area contributed by atoms with Crippen LogP contribution >= 0.6 is 11.8 Å². The standard InChI is InChI=1S/C43H43NS/c1-27-16-19-36-37(22-27)40(32-18-17-29-12-6-7-13-30(29)23-32)34-14-8-9-15-35(34)41(36)33-24-38-39-25-31(28-10-4-3-5-11-28)20-21-43(39,2)45-42(38)44-26-33/h3-5,8-12,15-19,22-26,30,34,37,39-40,42,44H,6-7,13-14,20-21H2,1-2H3. The fourth-order valence-corrected chi connectivity index (χ4v) is 11.1. The van der Waals surface area contributed by atoms with Gasteiger partial charge in [0.05, 0.1) is 5.37 Å². The summed E-state index contributed by atoms with van der Waals surface area (Å²) in [6.45, 7) is 4.79. The van der Waals surface area contributed by atoms with Crippen LogP contribution in [-0.2, 0) is 0 Å². The zero-order valence-electron chi connectivity index (χ0n) is 26.5. The van der Waals surface area contributed by atoms with E-state index in [2.05, 4.69) is 140 Å². The van der Waals surface area contributed by atoms with E-state index in [0.717, 1.165) is 12.8 Å². The summed E-state index contributed by atoms with van der Waals surface area (Å²) in [6, 6.07) is 11.1. The van der Waals surface area contributed by atoms with E-state index in [1.54, 1.807) is 16.7 Å². The van der Waals surface area contributed by atoms with E-state index in [0.29, 0.717) is 35.0 Å². The van der Waals surface area contributed by atoms with Crippen LogP contribution < -0.4 is 5.32 Å². The van der Waals surface area contributed by atoms with E-state index >= 15 is 0 Å². The molecular weight excluding hydrogens is 563 g/mol. The Hall–Kier alpha value is -3.49. The van der Waals surface area contributed by atoms with Gasteiger partial charge in [-0.05, 0) is 108 Å². The second-order valence-electron chi connectivity index (χ2n) is 14.5. The molecule has 9 rings (SSSR count). The maximum Gasteiger partial charge on any atom is 0.0950 e. The molecule has 0 spiro atoms. The molecule has 0 aromatic heterocycles. The minimum absolute atomic E-state index is 0.231. The highest BCUT2D eigenvalue weighted by Gasteiger charge is 2.50. The van der Waals surface area contributed by atoms with E-state index in [9.17, 15) is 0 Å². The van der Waals surface area contributed by atoms with Crippen LogP contribution in [0.5, 0.6) is 0 Å². The lowest BCUT2D eigenvalue weighted by molar-refractivity contribution is 0.361. The van der Waals surface area contributed by atoms with Crippen molar-refractivity contribution in [3.05, 3.63) is 160 Å². The average Bonchev–Trinajstić information content (AvgIpc) is 3.38. The summed E-state index contributed by atoms with van der Waals surface area (Å²) in [5.41, 5.74) is 14.8. The molecule has 45 heavy (non-hydrogen) atoms. The third-order valence-electron chi connectivity index (χ3n) is 11.8. The fraction of sp³-hybridized carbons (Fsp3) is 0.349. The number of hydrogen-bond donors (Lipinski definition) is 1. The topological polar surface area (TPSA) is 12.0 Å². The van der Waals surface area contributed by atoms with Gasteiger partial charge in [-0.3, -0.25) is 0 Å². The monoisotopic (exact) mass is 605 g/mol. The molecule has 0 amide bonds. The smallest absolute Gasteiger partial charge is 0.0950 e. The van der Waals surface area contributed by atoms with Crippen molar-refractivity contribution in [3.8, 4) is 0 Å². The van der Waals surface area contributed by atoms with E-state index in [-0.39, 0.29) is 4.75 Å². The molecular formula is C43H43NS. The summed E-state index contributed by atoms with van der Waals surface area (Å²) < 4.78 is 0.231. The van der Waals surface area contributed by atoms with Crippen molar-refractivity contribution in [2.24, 2.45) is 29.6 Å². The lowest BCUT2D eigenvalue weighted by atomic mass is 9.58. The molecule has 7 unspecified atom stereocenters. The maximum absolute atomic E-state index is 3.93. The van der Waals surface area contributed by atoms with Crippen LogP contribution in [0.2, 0.25) is 0 Å². The van der Waals surface area contributed by atoms with Gasteiger partial charge in [-0.25, -0.2) is 0 Å². The number of rotatable bonds is 3. The molecule has 1 aromatic rings. The fourth-order valence-electron chi connectivity index (χ4n) is 9.55. The molecule has 226 valence electrons. The predicted molar refractivity (Wildman–Crippen MR) is 191 cm³/mol. The van der Waals surface area contributed by atoms with Crippen LogP contribution in [0, 0.1) is 29.6 Å². The second-order valence-corrected chi connectivity index (χ2v) is 16.2. The number of fused-ring (bicyclic) bond motifs is 6. The molecule has 1 aromatic carbocycles. The highest BCUT2D eigenvalue weighted by molar-refractivity contribution is 8.01. The highest BCUT2D eigenvalue weighted by Crippen LogP contribution is 2.59. The molecule has 0 saturated carbocycles. The van der Waals surface area contributed by atoms with Crippen molar-refractivity contribution in [1.82, 2.24) is 5.32 Å². The molecule has 1 fully saturated rings. The van der Waals surface area contributed by atoms with Crippen LogP contribution in [-0.4, -0.2) is 10.1 Å². The van der Waals surface area contributed by atoms with Gasteiger partial charge in [0.15, 0.2) is 0 Å². The predicted octanol–water partition coefficient (Wildman–Crippen LogP) is 10.5. The van der Waals surface area contributed by atoms with Crippen molar-refractivity contribution >= 4 is 17.3 Å². The SMILES string of the molecule is CC1=CC2C(=C(C3=CNC4SC5(C)CCC(c6ccccc6)=CC5C4=C3)C3=CC=CCC3C2C2=CC3CCCC=C3C=C2)C=C1. The average molecular weight is 606 g/mol. The van der Waals surface area contributed by atoms with Gasteiger partial charge in [0.25, 0.3) is 0 Å². The maximum atomic E-state index is 3.93. The zero-order chi connectivity index (χ0) is 30.1. The van der Waals surface area contributed by atoms with Crippen LogP contribution in [0.4, 0.5) is 0 Å². The molecule has 2 heteroatoms. The highest BCUT2D eigenvalue weighted by atomic mass is 32.2. The summed E-state index contributed by atoms with van der Waals surface area (Å²) >= 11 is 2.15. The molecule has 1 nitrogen and oxygen atoms in total. The van der Waals surface area contributed by atoms with Crippen molar-refractivity contribution in [2.45, 2.75) is 62.5 Å². The Kier molecular flexibility index (Phi) is 6.67. The summed E-state index contributed by atoms with van der Waals surface area (Å²) in [7, 11) is 0.